The average Bonchev–Trinajstić information content (AvgIpc) is 3.10. The topological polar surface area (TPSA) is 58.4 Å². The Labute approximate surface area is 104 Å². The van der Waals surface area contributed by atoms with E-state index in [2.05, 4.69) is 24.2 Å². The van der Waals surface area contributed by atoms with Gasteiger partial charge in [-0.05, 0) is 53.0 Å². The number of nitrogens with one attached hydrogen (secondary N) is 1. The first-order valence-corrected chi connectivity index (χ1v) is 6.72. The summed E-state index contributed by atoms with van der Waals surface area (Å²) in [5.41, 5.74) is 5.02. The second-order valence-corrected chi connectivity index (χ2v) is 6.06. The first kappa shape index (κ1) is 12.8. The molecular formula is C13H25N3O. The Balaban J connectivity index is 1.92. The van der Waals surface area contributed by atoms with Crippen LogP contribution in [-0.2, 0) is 4.79 Å². The fourth-order valence-electron chi connectivity index (χ4n) is 2.49. The summed E-state index contributed by atoms with van der Waals surface area (Å²) in [5.74, 6) is -0.222. The van der Waals surface area contributed by atoms with Crippen LogP contribution in [0.2, 0.25) is 0 Å². The highest BCUT2D eigenvalue weighted by atomic mass is 16.1. The number of hydrogen-bond donors (Lipinski definition) is 2. The molecule has 2 fully saturated rings. The zero-order valence-electron chi connectivity index (χ0n) is 11.2. The molecule has 4 nitrogen and oxygen atoms in total. The summed E-state index contributed by atoms with van der Waals surface area (Å²) in [6.45, 7) is 4.14. The van der Waals surface area contributed by atoms with E-state index in [1.54, 1.807) is 0 Å². The molecule has 0 saturated heterocycles. The van der Waals surface area contributed by atoms with Crippen molar-refractivity contribution in [2.24, 2.45) is 5.73 Å². The van der Waals surface area contributed by atoms with Gasteiger partial charge in [0.1, 0.15) is 0 Å². The van der Waals surface area contributed by atoms with Gasteiger partial charge < -0.3 is 16.0 Å². The predicted octanol–water partition coefficient (Wildman–Crippen LogP) is 0.855. The summed E-state index contributed by atoms with van der Waals surface area (Å²) in [6.07, 6.45) is 5.74. The molecule has 0 spiro atoms. The van der Waals surface area contributed by atoms with Crippen LogP contribution < -0.4 is 11.1 Å². The Hall–Kier alpha value is -0.610. The number of carbonyl (C=O) groups excluding carboxylic acids is 1. The predicted molar refractivity (Wildman–Crippen MR) is 68.6 cm³/mol. The van der Waals surface area contributed by atoms with E-state index in [0.717, 1.165) is 12.5 Å². The summed E-state index contributed by atoms with van der Waals surface area (Å²) in [7, 11) is 2.15. The smallest absolute Gasteiger partial charge is 0.237 e. The summed E-state index contributed by atoms with van der Waals surface area (Å²) in [6, 6.07) is 1.63. The van der Waals surface area contributed by atoms with Gasteiger partial charge in [-0.15, -0.1) is 0 Å². The molecule has 0 aromatic carbocycles. The molecule has 1 amide bonds. The molecule has 4 heteroatoms. The van der Waals surface area contributed by atoms with Crippen LogP contribution in [0, 0.1) is 0 Å². The third-order valence-electron chi connectivity index (χ3n) is 4.17. The molecule has 2 aliphatic carbocycles. The molecule has 0 aromatic heterocycles. The normalized spacial score (nSPS) is 25.6. The van der Waals surface area contributed by atoms with Gasteiger partial charge in [-0.2, -0.15) is 0 Å². The van der Waals surface area contributed by atoms with Gasteiger partial charge in [0.15, 0.2) is 0 Å². The molecule has 17 heavy (non-hydrogen) atoms. The SMILES string of the molecule is CC(CC(C)(NC1CC1)C(N)=O)N(C)C1CC1. The highest BCUT2D eigenvalue weighted by Crippen LogP contribution is 2.30. The number of rotatable bonds is 7. The number of carbonyl (C=O) groups is 1. The Morgan fingerprint density at radius 2 is 2.06 bits per heavy atom. The number of primary amides is 1. The van der Waals surface area contributed by atoms with E-state index in [1.807, 2.05) is 6.92 Å². The minimum atomic E-state index is -0.552. The van der Waals surface area contributed by atoms with Crippen LogP contribution >= 0.6 is 0 Å². The average molecular weight is 239 g/mol. The first-order chi connectivity index (χ1) is 7.92. The van der Waals surface area contributed by atoms with E-state index < -0.39 is 5.54 Å². The van der Waals surface area contributed by atoms with Crippen molar-refractivity contribution in [2.75, 3.05) is 7.05 Å². The lowest BCUT2D eigenvalue weighted by molar-refractivity contribution is -0.124. The molecule has 0 radical (unpaired) electrons. The molecule has 0 bridgehead atoms. The van der Waals surface area contributed by atoms with Crippen LogP contribution in [0.15, 0.2) is 0 Å². The molecule has 2 aliphatic rings. The van der Waals surface area contributed by atoms with Crippen molar-refractivity contribution >= 4 is 5.91 Å². The second-order valence-electron chi connectivity index (χ2n) is 6.06. The van der Waals surface area contributed by atoms with Gasteiger partial charge >= 0.3 is 0 Å². The van der Waals surface area contributed by atoms with E-state index >= 15 is 0 Å². The van der Waals surface area contributed by atoms with E-state index in [0.29, 0.717) is 12.1 Å². The van der Waals surface area contributed by atoms with Crippen LogP contribution in [0.25, 0.3) is 0 Å². The lowest BCUT2D eigenvalue weighted by Gasteiger charge is -2.34. The van der Waals surface area contributed by atoms with Crippen molar-refractivity contribution in [2.45, 2.75) is 69.6 Å². The largest absolute Gasteiger partial charge is 0.368 e. The highest BCUT2D eigenvalue weighted by Gasteiger charge is 2.40. The van der Waals surface area contributed by atoms with E-state index in [-0.39, 0.29) is 5.91 Å². The Kier molecular flexibility index (Phi) is 3.46. The molecule has 2 atom stereocenters. The van der Waals surface area contributed by atoms with Crippen LogP contribution in [0.4, 0.5) is 0 Å². The maximum absolute atomic E-state index is 11.7. The highest BCUT2D eigenvalue weighted by molar-refractivity contribution is 5.84. The van der Waals surface area contributed by atoms with Gasteiger partial charge in [-0.1, -0.05) is 0 Å². The Morgan fingerprint density at radius 1 is 1.47 bits per heavy atom. The number of hydrogen-bond acceptors (Lipinski definition) is 3. The molecule has 0 heterocycles. The van der Waals surface area contributed by atoms with Crippen LogP contribution in [0.3, 0.4) is 0 Å². The second kappa shape index (κ2) is 4.58. The number of nitrogens with two attached hydrogens (primary N) is 1. The van der Waals surface area contributed by atoms with E-state index in [1.165, 1.54) is 25.7 Å². The molecule has 2 rings (SSSR count). The molecular weight excluding hydrogens is 214 g/mol. The summed E-state index contributed by atoms with van der Waals surface area (Å²) in [5, 5.41) is 3.41. The Morgan fingerprint density at radius 3 is 2.47 bits per heavy atom. The minimum Gasteiger partial charge on any atom is -0.368 e. The molecule has 2 saturated carbocycles. The van der Waals surface area contributed by atoms with Gasteiger partial charge in [-0.25, -0.2) is 0 Å². The fourth-order valence-corrected chi connectivity index (χ4v) is 2.49. The molecule has 2 unspecified atom stereocenters. The maximum Gasteiger partial charge on any atom is 0.237 e. The lowest BCUT2D eigenvalue weighted by atomic mass is 9.92. The van der Waals surface area contributed by atoms with Crippen molar-refractivity contribution in [3.8, 4) is 0 Å². The van der Waals surface area contributed by atoms with Gasteiger partial charge in [0.05, 0.1) is 5.54 Å². The summed E-state index contributed by atoms with van der Waals surface area (Å²) < 4.78 is 0. The summed E-state index contributed by atoms with van der Waals surface area (Å²) >= 11 is 0. The standard InChI is InChI=1S/C13H25N3O/c1-9(16(3)11-6-7-11)8-13(2,12(14)17)15-10-4-5-10/h9-11,15H,4-8H2,1-3H3,(H2,14,17). The molecule has 0 aliphatic heterocycles. The van der Waals surface area contributed by atoms with Crippen molar-refractivity contribution < 1.29 is 4.79 Å². The van der Waals surface area contributed by atoms with E-state index in [9.17, 15) is 4.79 Å². The van der Waals surface area contributed by atoms with Gasteiger partial charge in [0.25, 0.3) is 0 Å². The minimum absolute atomic E-state index is 0.222. The third-order valence-corrected chi connectivity index (χ3v) is 4.17. The monoisotopic (exact) mass is 239 g/mol. The third kappa shape index (κ3) is 3.19. The molecule has 3 N–H and O–H groups in total. The van der Waals surface area contributed by atoms with Gasteiger partial charge in [0.2, 0.25) is 5.91 Å². The maximum atomic E-state index is 11.7. The zero-order chi connectivity index (χ0) is 12.6. The number of amides is 1. The van der Waals surface area contributed by atoms with Crippen LogP contribution in [0.1, 0.15) is 46.0 Å². The zero-order valence-corrected chi connectivity index (χ0v) is 11.2. The Bertz CT molecular complexity index is 299. The number of nitrogens with zero attached hydrogens (tertiary/aromatic N) is 1. The summed E-state index contributed by atoms with van der Waals surface area (Å²) in [4.78, 5) is 14.1. The van der Waals surface area contributed by atoms with Crippen LogP contribution in [-0.4, -0.2) is 41.5 Å². The van der Waals surface area contributed by atoms with Crippen molar-refractivity contribution in [3.05, 3.63) is 0 Å². The quantitative estimate of drug-likeness (QED) is 0.692. The van der Waals surface area contributed by atoms with Gasteiger partial charge in [0, 0.05) is 18.1 Å². The van der Waals surface area contributed by atoms with Gasteiger partial charge in [-0.3, -0.25) is 4.79 Å². The molecule has 0 aromatic rings. The lowest BCUT2D eigenvalue weighted by Crippen LogP contribution is -2.57. The van der Waals surface area contributed by atoms with Crippen LogP contribution in [0.5, 0.6) is 0 Å². The van der Waals surface area contributed by atoms with Crippen molar-refractivity contribution in [3.63, 3.8) is 0 Å². The van der Waals surface area contributed by atoms with Crippen molar-refractivity contribution in [1.29, 1.82) is 0 Å². The van der Waals surface area contributed by atoms with Crippen molar-refractivity contribution in [1.82, 2.24) is 10.2 Å². The molecule has 98 valence electrons. The first-order valence-electron chi connectivity index (χ1n) is 6.72. The van der Waals surface area contributed by atoms with E-state index in [4.69, 9.17) is 5.73 Å². The fraction of sp³-hybridized carbons (Fsp3) is 0.923.